The molecular weight excluding hydrogens is 622 g/mol. The first kappa shape index (κ1) is 31.0. The number of nitrogens with one attached hydrogen (secondary N) is 1. The lowest BCUT2D eigenvalue weighted by molar-refractivity contribution is -0.0550. The van der Waals surface area contributed by atoms with Crippen LogP contribution in [-0.4, -0.2) is 53.5 Å². The number of rotatable bonds is 9. The molecule has 1 fully saturated rings. The Balaban J connectivity index is 1.36. The average molecular weight is 651 g/mol. The highest BCUT2D eigenvalue weighted by Crippen LogP contribution is 2.38. The predicted octanol–water partition coefficient (Wildman–Crippen LogP) is 6.56. The van der Waals surface area contributed by atoms with Crippen LogP contribution >= 0.6 is 0 Å². The summed E-state index contributed by atoms with van der Waals surface area (Å²) in [5.41, 5.74) is 2.38. The highest BCUT2D eigenvalue weighted by molar-refractivity contribution is 7.86. The smallest absolute Gasteiger partial charge is 0.387 e. The molecule has 3 aromatic carbocycles. The van der Waals surface area contributed by atoms with Crippen molar-refractivity contribution in [3.05, 3.63) is 83.1 Å². The van der Waals surface area contributed by atoms with E-state index in [0.29, 0.717) is 25.2 Å². The third-order valence-corrected chi connectivity index (χ3v) is 9.26. The monoisotopic (exact) mass is 650 g/mol. The summed E-state index contributed by atoms with van der Waals surface area (Å²) in [5.74, 6) is -10.8. The van der Waals surface area contributed by atoms with Gasteiger partial charge in [0.05, 0.1) is 12.2 Å². The average Bonchev–Trinajstić information content (AvgIpc) is 3.45. The molecule has 1 saturated heterocycles. The summed E-state index contributed by atoms with van der Waals surface area (Å²) in [6.07, 6.45) is 2.32. The number of hydrogen-bond acceptors (Lipinski definition) is 6. The summed E-state index contributed by atoms with van der Waals surface area (Å²) in [5, 5.41) is 2.15. The van der Waals surface area contributed by atoms with Gasteiger partial charge in [-0.25, -0.2) is 22.4 Å². The van der Waals surface area contributed by atoms with E-state index in [4.69, 9.17) is 9.72 Å². The van der Waals surface area contributed by atoms with Crippen LogP contribution in [0.5, 0.6) is 11.6 Å². The summed E-state index contributed by atoms with van der Waals surface area (Å²) in [4.78, 5) is 7.54. The molecule has 2 aliphatic heterocycles. The number of ether oxygens (including phenoxy) is 2. The highest BCUT2D eigenvalue weighted by atomic mass is 32.2. The number of anilines is 2. The van der Waals surface area contributed by atoms with Crippen LogP contribution in [0.4, 0.5) is 37.7 Å². The summed E-state index contributed by atoms with van der Waals surface area (Å²) < 4.78 is 109. The van der Waals surface area contributed by atoms with Gasteiger partial charge in [-0.1, -0.05) is 36.4 Å². The maximum absolute atomic E-state index is 14.8. The van der Waals surface area contributed by atoms with Gasteiger partial charge in [0, 0.05) is 23.7 Å². The van der Waals surface area contributed by atoms with Crippen molar-refractivity contribution in [3.63, 3.8) is 0 Å². The number of hydrogen-bond donors (Lipinski definition) is 1. The maximum Gasteiger partial charge on any atom is 0.387 e. The number of aromatic nitrogens is 1. The third-order valence-electron chi connectivity index (χ3n) is 8.12. The Bertz CT molecular complexity index is 1770. The van der Waals surface area contributed by atoms with Gasteiger partial charge in [-0.3, -0.25) is 4.72 Å². The molecule has 0 bridgehead atoms. The van der Waals surface area contributed by atoms with Crippen molar-refractivity contribution >= 4 is 33.1 Å². The SMILES string of the molecule is CN1CCC[C@@H]1COc1nc2c(cc1NS(=O)c1c(F)c(F)c(F)c(F)c1OC(F)F)CCN(c1cccc3ccccc13)C2. The maximum atomic E-state index is 14.8. The molecule has 14 heteroatoms. The van der Waals surface area contributed by atoms with Gasteiger partial charge in [-0.15, -0.1) is 0 Å². The molecule has 0 radical (unpaired) electrons. The predicted molar refractivity (Wildman–Crippen MR) is 157 cm³/mol. The molecule has 1 unspecified atom stereocenters. The molecule has 0 spiro atoms. The number of nitrogens with zero attached hydrogens (tertiary/aromatic N) is 3. The van der Waals surface area contributed by atoms with Gasteiger partial charge in [-0.05, 0) is 55.9 Å². The van der Waals surface area contributed by atoms with Crippen molar-refractivity contribution in [1.82, 2.24) is 9.88 Å². The zero-order valence-electron chi connectivity index (χ0n) is 24.0. The fourth-order valence-corrected chi connectivity index (χ4v) is 6.79. The number of benzene rings is 3. The van der Waals surface area contributed by atoms with Gasteiger partial charge in [0.15, 0.2) is 28.4 Å². The van der Waals surface area contributed by atoms with Crippen LogP contribution in [0.2, 0.25) is 0 Å². The number of halogens is 6. The molecule has 2 aliphatic rings. The Hall–Kier alpha value is -4.04. The van der Waals surface area contributed by atoms with Crippen LogP contribution in [0.15, 0.2) is 53.4 Å². The largest absolute Gasteiger partial charge is 0.475 e. The van der Waals surface area contributed by atoms with Crippen LogP contribution in [0.25, 0.3) is 10.8 Å². The first-order chi connectivity index (χ1) is 21.6. The zero-order valence-corrected chi connectivity index (χ0v) is 24.8. The van der Waals surface area contributed by atoms with Crippen LogP contribution in [0, 0.1) is 23.3 Å². The molecule has 4 aromatic rings. The second kappa shape index (κ2) is 12.8. The topological polar surface area (TPSA) is 66.9 Å². The molecule has 7 nitrogen and oxygen atoms in total. The summed E-state index contributed by atoms with van der Waals surface area (Å²) in [7, 11) is -1.00. The molecular formula is C31H28F6N4O3S. The summed E-state index contributed by atoms with van der Waals surface area (Å²) in [6, 6.07) is 15.6. The van der Waals surface area contributed by atoms with Gasteiger partial charge < -0.3 is 19.3 Å². The number of alkyl halides is 2. The van der Waals surface area contributed by atoms with E-state index in [1.165, 1.54) is 0 Å². The number of fused-ring (bicyclic) bond motifs is 2. The van der Waals surface area contributed by atoms with E-state index in [9.17, 15) is 30.6 Å². The van der Waals surface area contributed by atoms with Crippen molar-refractivity contribution in [2.45, 2.75) is 43.4 Å². The van der Waals surface area contributed by atoms with Crippen LogP contribution in [-0.2, 0) is 24.0 Å². The molecule has 2 atom stereocenters. The molecule has 6 rings (SSSR count). The van der Waals surface area contributed by atoms with Crippen LogP contribution in [0.3, 0.4) is 0 Å². The molecule has 0 amide bonds. The van der Waals surface area contributed by atoms with Crippen molar-refractivity contribution in [2.24, 2.45) is 0 Å². The van der Waals surface area contributed by atoms with E-state index in [0.717, 1.165) is 41.4 Å². The molecule has 1 N–H and O–H groups in total. The lowest BCUT2D eigenvalue weighted by atomic mass is 10.0. The quantitative estimate of drug-likeness (QED) is 0.126. The Morgan fingerprint density at radius 3 is 2.53 bits per heavy atom. The van der Waals surface area contributed by atoms with E-state index >= 15 is 0 Å². The van der Waals surface area contributed by atoms with Crippen LogP contribution < -0.4 is 19.1 Å². The van der Waals surface area contributed by atoms with E-state index in [2.05, 4.69) is 19.3 Å². The van der Waals surface area contributed by atoms with E-state index in [1.54, 1.807) is 6.07 Å². The van der Waals surface area contributed by atoms with Gasteiger partial charge in [-0.2, -0.15) is 13.2 Å². The first-order valence-electron chi connectivity index (χ1n) is 14.2. The molecule has 1 aromatic heterocycles. The minimum absolute atomic E-state index is 0.0260. The first-order valence-corrected chi connectivity index (χ1v) is 15.3. The Kier molecular flexibility index (Phi) is 8.78. The number of likely N-dealkylation sites (N-methyl/N-ethyl adjacent to an activating group) is 1. The number of likely N-dealkylation sites (tertiary alicyclic amines) is 1. The second-order valence-electron chi connectivity index (χ2n) is 10.9. The minimum atomic E-state index is -3.74. The van der Waals surface area contributed by atoms with Gasteiger partial charge >= 0.3 is 6.61 Å². The molecule has 3 heterocycles. The Labute approximate surface area is 257 Å². The Morgan fingerprint density at radius 2 is 1.78 bits per heavy atom. The van der Waals surface area contributed by atoms with E-state index in [1.807, 2.05) is 49.5 Å². The fourth-order valence-electron chi connectivity index (χ4n) is 5.78. The normalized spacial score (nSPS) is 17.5. The van der Waals surface area contributed by atoms with Gasteiger partial charge in [0.25, 0.3) is 0 Å². The zero-order chi connectivity index (χ0) is 31.8. The standard InChI is InChI=1S/C31H28F6N4O3S/c1-40-12-5-8-19(40)16-43-30-21(39-45(42)29-27(35)25(33)24(32)26(34)28(29)44-31(36)37)14-18-11-13-41(15-22(18)38-30)23-10-4-7-17-6-2-3-9-20(17)23/h2-4,6-7,9-10,14,19,31,39H,5,8,11-13,15-16H2,1H3/t19-,45?/m1/s1. The van der Waals surface area contributed by atoms with E-state index < -0.39 is 51.5 Å². The van der Waals surface area contributed by atoms with Crippen molar-refractivity contribution in [3.8, 4) is 11.6 Å². The molecule has 45 heavy (non-hydrogen) atoms. The molecule has 0 saturated carbocycles. The van der Waals surface area contributed by atoms with Crippen molar-refractivity contribution < 1.29 is 40.0 Å². The van der Waals surface area contributed by atoms with Crippen molar-refractivity contribution in [1.29, 1.82) is 0 Å². The molecule has 0 aliphatic carbocycles. The van der Waals surface area contributed by atoms with Crippen molar-refractivity contribution in [2.75, 3.05) is 36.4 Å². The molecule has 238 valence electrons. The Morgan fingerprint density at radius 1 is 1.02 bits per heavy atom. The minimum Gasteiger partial charge on any atom is -0.475 e. The highest BCUT2D eigenvalue weighted by Gasteiger charge is 2.33. The fraction of sp³-hybridized carbons (Fsp3) is 0.323. The third kappa shape index (κ3) is 6.12. The van der Waals surface area contributed by atoms with Gasteiger partial charge in [0.1, 0.15) is 17.2 Å². The number of pyridine rings is 1. The summed E-state index contributed by atoms with van der Waals surface area (Å²) >= 11 is 0. The van der Waals surface area contributed by atoms with E-state index in [-0.39, 0.29) is 24.2 Å². The second-order valence-corrected chi connectivity index (χ2v) is 12.0. The van der Waals surface area contributed by atoms with Crippen LogP contribution in [0.1, 0.15) is 24.1 Å². The summed E-state index contributed by atoms with van der Waals surface area (Å²) in [6.45, 7) is -1.67. The lowest BCUT2D eigenvalue weighted by Crippen LogP contribution is -2.32. The lowest BCUT2D eigenvalue weighted by Gasteiger charge is -2.32. The van der Waals surface area contributed by atoms with Gasteiger partial charge in [0.2, 0.25) is 17.5 Å².